The number of nitro benzene ring substituents is 1. The summed E-state index contributed by atoms with van der Waals surface area (Å²) in [4.78, 5) is 35.2. The first kappa shape index (κ1) is 20.2. The van der Waals surface area contributed by atoms with Crippen LogP contribution >= 0.6 is 11.6 Å². The summed E-state index contributed by atoms with van der Waals surface area (Å²) in [6, 6.07) is 2.92. The Morgan fingerprint density at radius 1 is 1.35 bits per heavy atom. The van der Waals surface area contributed by atoms with Gasteiger partial charge in [0.15, 0.2) is 0 Å². The highest BCUT2D eigenvalue weighted by atomic mass is 35.5. The molecule has 2 rings (SSSR count). The highest BCUT2D eigenvalue weighted by molar-refractivity contribution is 6.34. The van der Waals surface area contributed by atoms with Gasteiger partial charge in [-0.25, -0.2) is 0 Å². The van der Waals surface area contributed by atoms with Crippen LogP contribution in [0.4, 0.5) is 5.69 Å². The molecule has 1 aliphatic rings. The van der Waals surface area contributed by atoms with Crippen molar-refractivity contribution in [1.82, 2.24) is 10.6 Å². The average molecular weight is 382 g/mol. The quantitative estimate of drug-likeness (QED) is 0.558. The fourth-order valence-corrected chi connectivity index (χ4v) is 3.18. The molecular formula is C18H24ClN3O4. The van der Waals surface area contributed by atoms with E-state index >= 15 is 0 Å². The molecule has 1 atom stereocenters. The van der Waals surface area contributed by atoms with Crippen molar-refractivity contribution < 1.29 is 14.5 Å². The molecule has 0 bridgehead atoms. The molecule has 0 aliphatic heterocycles. The molecule has 1 fully saturated rings. The molecule has 142 valence electrons. The number of hydrogen-bond donors (Lipinski definition) is 2. The SMILES string of the molecule is CC(C)[C@H](NC(=O)c1ccc([N+](=O)[O-])cc1Cl)C(=O)NCC1(C)CCC1. The maximum Gasteiger partial charge on any atom is 0.270 e. The zero-order chi connectivity index (χ0) is 19.5. The molecule has 2 amide bonds. The van der Waals surface area contributed by atoms with E-state index in [2.05, 4.69) is 17.6 Å². The number of carbonyl (C=O) groups is 2. The summed E-state index contributed by atoms with van der Waals surface area (Å²) in [5.41, 5.74) is 0.0446. The molecule has 1 aromatic carbocycles. The normalized spacial score (nSPS) is 16.5. The van der Waals surface area contributed by atoms with Crippen molar-refractivity contribution in [3.63, 3.8) is 0 Å². The summed E-state index contributed by atoms with van der Waals surface area (Å²) in [5.74, 6) is -0.891. The molecule has 0 aromatic heterocycles. The first-order valence-corrected chi connectivity index (χ1v) is 9.03. The Morgan fingerprint density at radius 2 is 2.00 bits per heavy atom. The smallest absolute Gasteiger partial charge is 0.270 e. The van der Waals surface area contributed by atoms with E-state index in [-0.39, 0.29) is 33.5 Å². The van der Waals surface area contributed by atoms with Crippen LogP contribution in [0.3, 0.4) is 0 Å². The number of hydrogen-bond acceptors (Lipinski definition) is 4. The third kappa shape index (κ3) is 4.72. The van der Waals surface area contributed by atoms with Gasteiger partial charge in [-0.3, -0.25) is 19.7 Å². The molecule has 0 saturated heterocycles. The van der Waals surface area contributed by atoms with Gasteiger partial charge in [-0.1, -0.05) is 38.8 Å². The van der Waals surface area contributed by atoms with E-state index in [0.29, 0.717) is 6.54 Å². The highest BCUT2D eigenvalue weighted by Crippen LogP contribution is 2.39. The lowest BCUT2D eigenvalue weighted by molar-refractivity contribution is -0.384. The number of non-ortho nitro benzene ring substituents is 1. The van der Waals surface area contributed by atoms with Crippen molar-refractivity contribution in [2.24, 2.45) is 11.3 Å². The Bertz CT molecular complexity index is 716. The minimum atomic E-state index is -0.711. The molecule has 1 aromatic rings. The molecule has 2 N–H and O–H groups in total. The van der Waals surface area contributed by atoms with Crippen molar-refractivity contribution in [2.45, 2.75) is 46.1 Å². The third-order valence-corrected chi connectivity index (χ3v) is 5.21. The van der Waals surface area contributed by atoms with E-state index in [1.54, 1.807) is 0 Å². The second-order valence-electron chi connectivity index (χ2n) is 7.50. The summed E-state index contributed by atoms with van der Waals surface area (Å²) < 4.78 is 0. The predicted molar refractivity (Wildman–Crippen MR) is 99.2 cm³/mol. The average Bonchev–Trinajstić information content (AvgIpc) is 2.55. The van der Waals surface area contributed by atoms with Crippen LogP contribution in [0.2, 0.25) is 5.02 Å². The van der Waals surface area contributed by atoms with Crippen molar-refractivity contribution in [3.05, 3.63) is 38.9 Å². The molecule has 0 radical (unpaired) electrons. The zero-order valence-electron chi connectivity index (χ0n) is 15.2. The second-order valence-corrected chi connectivity index (χ2v) is 7.91. The number of nitro groups is 1. The van der Waals surface area contributed by atoms with Gasteiger partial charge in [-0.2, -0.15) is 0 Å². The van der Waals surface area contributed by atoms with Gasteiger partial charge in [0.05, 0.1) is 15.5 Å². The summed E-state index contributed by atoms with van der Waals surface area (Å²) in [5, 5.41) is 16.4. The van der Waals surface area contributed by atoms with Gasteiger partial charge in [-0.15, -0.1) is 0 Å². The van der Waals surface area contributed by atoms with Crippen LogP contribution in [0.1, 0.15) is 50.4 Å². The van der Waals surface area contributed by atoms with E-state index in [0.717, 1.165) is 18.9 Å². The highest BCUT2D eigenvalue weighted by Gasteiger charge is 2.33. The molecule has 0 unspecified atom stereocenters. The van der Waals surface area contributed by atoms with Gasteiger partial charge in [0.1, 0.15) is 6.04 Å². The number of halogens is 1. The lowest BCUT2D eigenvalue weighted by Crippen LogP contribution is -2.52. The molecule has 8 heteroatoms. The standard InChI is InChI=1S/C18H24ClN3O4/c1-11(2)15(17(24)20-10-18(3)7-4-8-18)21-16(23)13-6-5-12(22(25)26)9-14(13)19/h5-6,9,11,15H,4,7-8,10H2,1-3H3,(H,20,24)(H,21,23)/t15-/m0/s1. The number of nitrogens with zero attached hydrogens (tertiary/aromatic N) is 1. The van der Waals surface area contributed by atoms with Gasteiger partial charge >= 0.3 is 0 Å². The Kier molecular flexibility index (Phi) is 6.23. The first-order chi connectivity index (χ1) is 12.1. The molecule has 1 aliphatic carbocycles. The Labute approximate surface area is 157 Å². The summed E-state index contributed by atoms with van der Waals surface area (Å²) in [7, 11) is 0. The maximum absolute atomic E-state index is 12.5. The largest absolute Gasteiger partial charge is 0.354 e. The lowest BCUT2D eigenvalue weighted by Gasteiger charge is -2.38. The first-order valence-electron chi connectivity index (χ1n) is 8.65. The van der Waals surface area contributed by atoms with Gasteiger partial charge in [0.2, 0.25) is 5.91 Å². The van der Waals surface area contributed by atoms with Crippen LogP contribution in [0.15, 0.2) is 18.2 Å². The predicted octanol–water partition coefficient (Wildman–Crippen LogP) is 3.31. The van der Waals surface area contributed by atoms with Crippen molar-refractivity contribution in [3.8, 4) is 0 Å². The monoisotopic (exact) mass is 381 g/mol. The Hall–Kier alpha value is -2.15. The summed E-state index contributed by atoms with van der Waals surface area (Å²) in [6.07, 6.45) is 3.35. The van der Waals surface area contributed by atoms with Gasteiger partial charge < -0.3 is 10.6 Å². The van der Waals surface area contributed by atoms with Crippen LogP contribution in [-0.2, 0) is 4.79 Å². The minimum absolute atomic E-state index is 0.0263. The van der Waals surface area contributed by atoms with Gasteiger partial charge in [0.25, 0.3) is 11.6 Å². The van der Waals surface area contributed by atoms with Crippen molar-refractivity contribution in [1.29, 1.82) is 0 Å². The van der Waals surface area contributed by atoms with Gasteiger partial charge in [0, 0.05) is 18.7 Å². The molecular weight excluding hydrogens is 358 g/mol. The summed E-state index contributed by atoms with van der Waals surface area (Å²) >= 11 is 5.99. The van der Waals surface area contributed by atoms with Crippen molar-refractivity contribution >= 4 is 29.1 Å². The lowest BCUT2D eigenvalue weighted by atomic mass is 9.70. The van der Waals surface area contributed by atoms with E-state index in [1.807, 2.05) is 13.8 Å². The van der Waals surface area contributed by atoms with Crippen LogP contribution in [0.5, 0.6) is 0 Å². The molecule has 0 spiro atoms. The van der Waals surface area contributed by atoms with Gasteiger partial charge in [-0.05, 0) is 30.2 Å². The number of rotatable bonds is 7. The fraction of sp³-hybridized carbons (Fsp3) is 0.556. The number of nitrogens with one attached hydrogen (secondary N) is 2. The third-order valence-electron chi connectivity index (χ3n) is 4.89. The van der Waals surface area contributed by atoms with Crippen LogP contribution in [0, 0.1) is 21.4 Å². The number of carbonyl (C=O) groups excluding carboxylic acids is 2. The zero-order valence-corrected chi connectivity index (χ0v) is 15.9. The minimum Gasteiger partial charge on any atom is -0.354 e. The van der Waals surface area contributed by atoms with Crippen LogP contribution in [0.25, 0.3) is 0 Å². The van der Waals surface area contributed by atoms with E-state index in [9.17, 15) is 19.7 Å². The van der Waals surface area contributed by atoms with E-state index in [1.165, 1.54) is 18.6 Å². The second kappa shape index (κ2) is 8.03. The van der Waals surface area contributed by atoms with Crippen LogP contribution < -0.4 is 10.6 Å². The summed E-state index contributed by atoms with van der Waals surface area (Å²) in [6.45, 7) is 6.40. The molecule has 26 heavy (non-hydrogen) atoms. The number of amides is 2. The Morgan fingerprint density at radius 3 is 2.46 bits per heavy atom. The fourth-order valence-electron chi connectivity index (χ4n) is 2.92. The topological polar surface area (TPSA) is 101 Å². The molecule has 1 saturated carbocycles. The van der Waals surface area contributed by atoms with Crippen LogP contribution in [-0.4, -0.2) is 29.3 Å². The van der Waals surface area contributed by atoms with E-state index < -0.39 is 16.9 Å². The van der Waals surface area contributed by atoms with E-state index in [4.69, 9.17) is 11.6 Å². The Balaban J connectivity index is 2.05. The number of benzene rings is 1. The molecule has 0 heterocycles. The van der Waals surface area contributed by atoms with Crippen molar-refractivity contribution in [2.75, 3.05) is 6.54 Å². The molecule has 7 nitrogen and oxygen atoms in total. The maximum atomic E-state index is 12.5.